The number of piperazine rings is 1. The number of fused-ring (bicyclic) bond motifs is 1. The lowest BCUT2D eigenvalue weighted by atomic mass is 9.97. The molecule has 138 valence electrons. The predicted molar refractivity (Wildman–Crippen MR) is 100 cm³/mol. The molecule has 2 aliphatic heterocycles. The van der Waals surface area contributed by atoms with Gasteiger partial charge in [0.15, 0.2) is 0 Å². The number of amides is 2. The Morgan fingerprint density at radius 3 is 2.76 bits per heavy atom. The molecule has 0 spiro atoms. The van der Waals surface area contributed by atoms with Crippen LogP contribution >= 0.6 is 11.3 Å². The van der Waals surface area contributed by atoms with Crippen molar-refractivity contribution < 1.29 is 9.59 Å². The highest BCUT2D eigenvalue weighted by molar-refractivity contribution is 7.10. The fraction of sp³-hybridized carbons (Fsp3) is 0.684. The van der Waals surface area contributed by atoms with E-state index in [1.54, 1.807) is 18.3 Å². The molecule has 2 saturated heterocycles. The van der Waals surface area contributed by atoms with E-state index in [-0.39, 0.29) is 29.9 Å². The highest BCUT2D eigenvalue weighted by atomic mass is 32.1. The third-order valence-corrected chi connectivity index (χ3v) is 6.29. The number of rotatable bonds is 5. The van der Waals surface area contributed by atoms with Crippen molar-refractivity contribution in [3.63, 3.8) is 0 Å². The molecule has 0 bridgehead atoms. The number of nitrogens with zero attached hydrogens (tertiary/aromatic N) is 2. The Labute approximate surface area is 154 Å². The zero-order valence-electron chi connectivity index (χ0n) is 15.6. The molecule has 2 aliphatic rings. The fourth-order valence-corrected chi connectivity index (χ4v) is 5.05. The number of hydrogen-bond donors (Lipinski definition) is 1. The van der Waals surface area contributed by atoms with Gasteiger partial charge < -0.3 is 10.2 Å². The number of nitrogens with one attached hydrogen (secondary N) is 1. The number of thiophene rings is 1. The molecule has 3 heterocycles. The monoisotopic (exact) mass is 363 g/mol. The van der Waals surface area contributed by atoms with Gasteiger partial charge >= 0.3 is 0 Å². The number of aryl methyl sites for hydroxylation is 1. The highest BCUT2D eigenvalue weighted by Gasteiger charge is 2.45. The van der Waals surface area contributed by atoms with Crippen LogP contribution in [0, 0.1) is 12.8 Å². The maximum atomic E-state index is 13.2. The minimum Gasteiger partial charge on any atom is -0.352 e. The van der Waals surface area contributed by atoms with E-state index in [4.69, 9.17) is 0 Å². The highest BCUT2D eigenvalue weighted by Crippen LogP contribution is 2.31. The lowest BCUT2D eigenvalue weighted by Crippen LogP contribution is -2.59. The van der Waals surface area contributed by atoms with E-state index in [0.717, 1.165) is 25.9 Å². The molecule has 3 atom stereocenters. The van der Waals surface area contributed by atoms with E-state index in [1.165, 1.54) is 10.4 Å². The van der Waals surface area contributed by atoms with Gasteiger partial charge in [-0.05, 0) is 42.7 Å². The molecule has 6 heteroatoms. The summed E-state index contributed by atoms with van der Waals surface area (Å²) in [5.41, 5.74) is 1.31. The summed E-state index contributed by atoms with van der Waals surface area (Å²) in [6.45, 7) is 10.5. The first kappa shape index (κ1) is 18.4. The van der Waals surface area contributed by atoms with E-state index < -0.39 is 0 Å². The Morgan fingerprint density at radius 1 is 1.40 bits per heavy atom. The largest absolute Gasteiger partial charge is 0.352 e. The molecule has 0 saturated carbocycles. The van der Waals surface area contributed by atoms with E-state index in [9.17, 15) is 9.59 Å². The van der Waals surface area contributed by atoms with Gasteiger partial charge in [0.1, 0.15) is 0 Å². The van der Waals surface area contributed by atoms with Gasteiger partial charge in [-0.15, -0.1) is 11.3 Å². The first-order chi connectivity index (χ1) is 11.8. The van der Waals surface area contributed by atoms with Crippen molar-refractivity contribution in [2.75, 3.05) is 13.1 Å². The molecule has 3 unspecified atom stereocenters. The minimum atomic E-state index is -0.0474. The summed E-state index contributed by atoms with van der Waals surface area (Å²) in [5, 5.41) is 5.12. The van der Waals surface area contributed by atoms with Crippen LogP contribution in [0.1, 0.15) is 44.1 Å². The number of carbonyl (C=O) groups excluding carboxylic acids is 2. The van der Waals surface area contributed by atoms with Gasteiger partial charge in [-0.1, -0.05) is 13.8 Å². The third-order valence-electron chi connectivity index (χ3n) is 5.29. The smallest absolute Gasteiger partial charge is 0.240 e. The van der Waals surface area contributed by atoms with Crippen LogP contribution in [0.2, 0.25) is 0 Å². The van der Waals surface area contributed by atoms with Gasteiger partial charge in [0, 0.05) is 43.5 Å². The first-order valence-electron chi connectivity index (χ1n) is 9.19. The van der Waals surface area contributed by atoms with Gasteiger partial charge in [0.05, 0.1) is 6.04 Å². The lowest BCUT2D eigenvalue weighted by molar-refractivity contribution is -0.145. The first-order valence-corrected chi connectivity index (χ1v) is 10.1. The summed E-state index contributed by atoms with van der Waals surface area (Å²) in [6.07, 6.45) is 1.75. The lowest BCUT2D eigenvalue weighted by Gasteiger charge is -2.43. The van der Waals surface area contributed by atoms with E-state index in [0.29, 0.717) is 12.5 Å². The van der Waals surface area contributed by atoms with Crippen molar-refractivity contribution in [3.8, 4) is 0 Å². The van der Waals surface area contributed by atoms with Crippen LogP contribution in [0.25, 0.3) is 0 Å². The summed E-state index contributed by atoms with van der Waals surface area (Å²) in [4.78, 5) is 30.3. The van der Waals surface area contributed by atoms with E-state index in [1.807, 2.05) is 4.90 Å². The zero-order chi connectivity index (χ0) is 18.1. The van der Waals surface area contributed by atoms with Crippen molar-refractivity contribution in [3.05, 3.63) is 21.9 Å². The molecular weight excluding hydrogens is 334 g/mol. The maximum absolute atomic E-state index is 13.2. The third kappa shape index (κ3) is 4.06. The molecule has 2 amide bonds. The van der Waals surface area contributed by atoms with Gasteiger partial charge in [0.2, 0.25) is 11.8 Å². The predicted octanol–water partition coefficient (Wildman–Crippen LogP) is 2.39. The molecule has 0 radical (unpaired) electrons. The van der Waals surface area contributed by atoms with Crippen molar-refractivity contribution in [2.24, 2.45) is 5.92 Å². The van der Waals surface area contributed by atoms with Gasteiger partial charge in [-0.25, -0.2) is 0 Å². The molecule has 2 fully saturated rings. The van der Waals surface area contributed by atoms with Crippen LogP contribution in [-0.2, 0) is 16.1 Å². The fourth-order valence-electron chi connectivity index (χ4n) is 4.12. The Hall–Kier alpha value is -1.40. The van der Waals surface area contributed by atoms with Crippen LogP contribution in [0.3, 0.4) is 0 Å². The molecular formula is C19H29N3O2S. The summed E-state index contributed by atoms with van der Waals surface area (Å²) in [7, 11) is 0. The molecule has 0 aromatic carbocycles. The van der Waals surface area contributed by atoms with Crippen LogP contribution in [0.15, 0.2) is 11.4 Å². The van der Waals surface area contributed by atoms with Gasteiger partial charge in [-0.3, -0.25) is 14.5 Å². The molecule has 5 nitrogen and oxygen atoms in total. The van der Waals surface area contributed by atoms with Crippen molar-refractivity contribution in [1.82, 2.24) is 15.1 Å². The zero-order valence-corrected chi connectivity index (χ0v) is 16.4. The standard InChI is InChI=1S/C19H29N3O2S/c1-12(2)7-17-19(24)22-9-15(20-14(4)23)8-16(22)10-21(17)11-18-13(3)5-6-25-18/h5-6,12,15-17H,7-11H2,1-4H3,(H,20,23). The molecule has 0 aliphatic carbocycles. The Kier molecular flexibility index (Phi) is 5.49. The van der Waals surface area contributed by atoms with Crippen molar-refractivity contribution in [2.45, 2.75) is 65.2 Å². The van der Waals surface area contributed by atoms with E-state index in [2.05, 4.69) is 42.4 Å². The number of carbonyl (C=O) groups is 2. The maximum Gasteiger partial charge on any atom is 0.240 e. The molecule has 25 heavy (non-hydrogen) atoms. The summed E-state index contributed by atoms with van der Waals surface area (Å²) < 4.78 is 0. The van der Waals surface area contributed by atoms with Crippen molar-refractivity contribution >= 4 is 23.2 Å². The average molecular weight is 364 g/mol. The Balaban J connectivity index is 1.78. The van der Waals surface area contributed by atoms with Crippen LogP contribution < -0.4 is 5.32 Å². The van der Waals surface area contributed by atoms with Gasteiger partial charge in [-0.2, -0.15) is 0 Å². The van der Waals surface area contributed by atoms with Crippen molar-refractivity contribution in [1.29, 1.82) is 0 Å². The molecule has 1 aromatic rings. The minimum absolute atomic E-state index is 0.0120. The van der Waals surface area contributed by atoms with E-state index >= 15 is 0 Å². The van der Waals surface area contributed by atoms with Crippen LogP contribution in [0.4, 0.5) is 0 Å². The normalized spacial score (nSPS) is 27.0. The summed E-state index contributed by atoms with van der Waals surface area (Å²) >= 11 is 1.78. The molecule has 1 aromatic heterocycles. The van der Waals surface area contributed by atoms with Gasteiger partial charge in [0.25, 0.3) is 0 Å². The number of hydrogen-bond acceptors (Lipinski definition) is 4. The second kappa shape index (κ2) is 7.46. The Morgan fingerprint density at radius 2 is 2.16 bits per heavy atom. The SMILES string of the molecule is CC(=O)NC1CC2CN(Cc3sccc3C)C(CC(C)C)C(=O)N2C1. The summed E-state index contributed by atoms with van der Waals surface area (Å²) in [6, 6.07) is 2.41. The van der Waals surface area contributed by atoms with Crippen LogP contribution in [0.5, 0.6) is 0 Å². The quantitative estimate of drug-likeness (QED) is 0.874. The second-order valence-corrected chi connectivity index (χ2v) is 8.88. The topological polar surface area (TPSA) is 52.7 Å². The molecule has 3 rings (SSSR count). The Bertz CT molecular complexity index is 642. The summed E-state index contributed by atoms with van der Waals surface area (Å²) in [5.74, 6) is 0.709. The molecule has 1 N–H and O–H groups in total. The average Bonchev–Trinajstić information content (AvgIpc) is 3.09. The second-order valence-electron chi connectivity index (χ2n) is 7.88. The van der Waals surface area contributed by atoms with Crippen LogP contribution in [-0.4, -0.2) is 52.8 Å².